The van der Waals surface area contributed by atoms with E-state index >= 15 is 0 Å². The summed E-state index contributed by atoms with van der Waals surface area (Å²) >= 11 is 0. The molecule has 3 rings (SSSR count). The van der Waals surface area contributed by atoms with Crippen LogP contribution in [0.5, 0.6) is 0 Å². The van der Waals surface area contributed by atoms with Gasteiger partial charge in [0.2, 0.25) is 18.2 Å². The summed E-state index contributed by atoms with van der Waals surface area (Å²) in [6.07, 6.45) is 5.61. The molecule has 0 spiro atoms. The van der Waals surface area contributed by atoms with Gasteiger partial charge in [-0.1, -0.05) is 25.7 Å². The van der Waals surface area contributed by atoms with Crippen molar-refractivity contribution in [1.29, 1.82) is 0 Å². The average Bonchev–Trinajstić information content (AvgIpc) is 3.38. The summed E-state index contributed by atoms with van der Waals surface area (Å²) in [7, 11) is 0. The largest absolute Gasteiger partial charge is 0.310 e. The molecule has 1 aromatic heterocycles. The number of carbonyl (C=O) groups is 3. The predicted octanol–water partition coefficient (Wildman–Crippen LogP) is 0.704. The second kappa shape index (κ2) is 9.70. The van der Waals surface area contributed by atoms with Crippen molar-refractivity contribution in [2.24, 2.45) is 11.8 Å². The molecule has 1 aliphatic carbocycles. The highest BCUT2D eigenvalue weighted by Crippen LogP contribution is 2.31. The van der Waals surface area contributed by atoms with E-state index in [2.05, 4.69) is 20.7 Å². The number of hydrazine groups is 1. The van der Waals surface area contributed by atoms with Crippen molar-refractivity contribution in [1.82, 2.24) is 25.5 Å². The molecule has 1 aliphatic heterocycles. The number of hydrogen-bond acceptors (Lipinski definition) is 7. The first-order chi connectivity index (χ1) is 14.0. The van der Waals surface area contributed by atoms with Gasteiger partial charge in [-0.05, 0) is 24.8 Å². The lowest BCUT2D eigenvalue weighted by atomic mass is 9.92. The van der Waals surface area contributed by atoms with E-state index in [0.717, 1.165) is 25.7 Å². The Labute approximate surface area is 167 Å². The molecule has 2 heterocycles. The molecule has 1 saturated carbocycles. The van der Waals surface area contributed by atoms with E-state index in [1.807, 2.05) is 0 Å². The Morgan fingerprint density at radius 3 is 2.86 bits per heavy atom. The third-order valence-electron chi connectivity index (χ3n) is 5.40. The van der Waals surface area contributed by atoms with Gasteiger partial charge in [0.1, 0.15) is 11.9 Å². The standard InChI is InChI=1S/C18H25FN6O4/c19-18-20-7-6-15(23-18)22-16(27)14-5-8-21-25(14)17(28)13(10-24(29)11-26)9-12-3-1-2-4-12/h6-7,11-14,21,29H,1-5,8-10H2,(H,20,22,23,27). The molecule has 1 saturated heterocycles. The van der Waals surface area contributed by atoms with Crippen molar-refractivity contribution in [3.05, 3.63) is 18.3 Å². The van der Waals surface area contributed by atoms with Crippen molar-refractivity contribution < 1.29 is 24.0 Å². The molecule has 10 nitrogen and oxygen atoms in total. The number of amides is 3. The van der Waals surface area contributed by atoms with E-state index in [0.29, 0.717) is 30.4 Å². The molecule has 0 radical (unpaired) electrons. The Morgan fingerprint density at radius 2 is 2.17 bits per heavy atom. The van der Waals surface area contributed by atoms with Crippen LogP contribution < -0.4 is 10.7 Å². The predicted molar refractivity (Wildman–Crippen MR) is 98.5 cm³/mol. The van der Waals surface area contributed by atoms with E-state index in [1.54, 1.807) is 0 Å². The summed E-state index contributed by atoms with van der Waals surface area (Å²) in [5, 5.41) is 13.8. The molecular formula is C18H25FN6O4. The highest BCUT2D eigenvalue weighted by atomic mass is 19.1. The number of rotatable bonds is 8. The smallest absolute Gasteiger partial charge is 0.309 e. The zero-order valence-corrected chi connectivity index (χ0v) is 16.0. The first-order valence-electron chi connectivity index (χ1n) is 9.74. The lowest BCUT2D eigenvalue weighted by Crippen LogP contribution is -2.51. The van der Waals surface area contributed by atoms with Crippen LogP contribution in [0.25, 0.3) is 0 Å². The van der Waals surface area contributed by atoms with Gasteiger partial charge in [0.25, 0.3) is 0 Å². The van der Waals surface area contributed by atoms with Crippen LogP contribution >= 0.6 is 0 Å². The topological polar surface area (TPSA) is 128 Å². The summed E-state index contributed by atoms with van der Waals surface area (Å²) in [5.74, 6) is -1.14. The van der Waals surface area contributed by atoms with E-state index in [1.165, 1.54) is 17.3 Å². The van der Waals surface area contributed by atoms with E-state index in [-0.39, 0.29) is 24.7 Å². The number of nitrogens with one attached hydrogen (secondary N) is 2. The zero-order chi connectivity index (χ0) is 20.8. The summed E-state index contributed by atoms with van der Waals surface area (Å²) in [6, 6.07) is 0.543. The molecule has 2 fully saturated rings. The van der Waals surface area contributed by atoms with Crippen LogP contribution in [-0.2, 0) is 14.4 Å². The maximum Gasteiger partial charge on any atom is 0.310 e. The van der Waals surface area contributed by atoms with Crippen molar-refractivity contribution in [3.8, 4) is 0 Å². The molecule has 2 aliphatic rings. The first-order valence-corrected chi connectivity index (χ1v) is 9.74. The number of anilines is 1. The van der Waals surface area contributed by atoms with E-state index < -0.39 is 23.9 Å². The van der Waals surface area contributed by atoms with Gasteiger partial charge in [0.15, 0.2) is 0 Å². The second-order valence-corrected chi connectivity index (χ2v) is 7.43. The summed E-state index contributed by atoms with van der Waals surface area (Å²) in [4.78, 5) is 43.5. The first kappa shape index (κ1) is 21.1. The Morgan fingerprint density at radius 1 is 1.41 bits per heavy atom. The van der Waals surface area contributed by atoms with Crippen LogP contribution in [0.3, 0.4) is 0 Å². The molecule has 3 amide bonds. The molecule has 29 heavy (non-hydrogen) atoms. The Bertz CT molecular complexity index is 745. The Balaban J connectivity index is 1.69. The third kappa shape index (κ3) is 5.45. The van der Waals surface area contributed by atoms with Crippen molar-refractivity contribution in [2.45, 2.75) is 44.6 Å². The zero-order valence-electron chi connectivity index (χ0n) is 16.0. The fourth-order valence-corrected chi connectivity index (χ4v) is 4.02. The van der Waals surface area contributed by atoms with Crippen LogP contribution in [0.15, 0.2) is 12.3 Å². The fraction of sp³-hybridized carbons (Fsp3) is 0.611. The number of halogens is 1. The van der Waals surface area contributed by atoms with Crippen molar-refractivity contribution >= 4 is 24.0 Å². The summed E-state index contributed by atoms with van der Waals surface area (Å²) in [6.45, 7) is 0.275. The molecule has 158 valence electrons. The number of hydroxylamine groups is 2. The molecule has 2 atom stereocenters. The molecule has 0 aromatic carbocycles. The van der Waals surface area contributed by atoms with Crippen molar-refractivity contribution in [2.75, 3.05) is 18.4 Å². The molecule has 11 heteroatoms. The summed E-state index contributed by atoms with van der Waals surface area (Å²) in [5.41, 5.74) is 2.91. The van der Waals surface area contributed by atoms with E-state index in [4.69, 9.17) is 0 Å². The lowest BCUT2D eigenvalue weighted by Gasteiger charge is -2.29. The van der Waals surface area contributed by atoms with Crippen LogP contribution in [0.1, 0.15) is 38.5 Å². The quantitative estimate of drug-likeness (QED) is 0.250. The van der Waals surface area contributed by atoms with Crippen LogP contribution in [0, 0.1) is 17.9 Å². The molecule has 0 bridgehead atoms. The number of aromatic nitrogens is 2. The number of carbonyl (C=O) groups excluding carboxylic acids is 3. The van der Waals surface area contributed by atoms with Gasteiger partial charge >= 0.3 is 6.08 Å². The van der Waals surface area contributed by atoms with Gasteiger partial charge in [-0.25, -0.2) is 15.5 Å². The minimum Gasteiger partial charge on any atom is -0.309 e. The van der Waals surface area contributed by atoms with Gasteiger partial charge in [-0.15, -0.1) is 0 Å². The maximum absolute atomic E-state index is 13.2. The van der Waals surface area contributed by atoms with Crippen LogP contribution in [0.4, 0.5) is 10.2 Å². The Hall–Kier alpha value is -2.66. The van der Waals surface area contributed by atoms with Gasteiger partial charge in [-0.2, -0.15) is 9.37 Å². The minimum absolute atomic E-state index is 0.00629. The maximum atomic E-state index is 13.2. The average molecular weight is 408 g/mol. The molecule has 1 aromatic rings. The lowest BCUT2D eigenvalue weighted by molar-refractivity contribution is -0.159. The highest BCUT2D eigenvalue weighted by Gasteiger charge is 2.39. The van der Waals surface area contributed by atoms with Gasteiger partial charge < -0.3 is 5.32 Å². The normalized spacial score (nSPS) is 20.5. The van der Waals surface area contributed by atoms with E-state index in [9.17, 15) is 24.0 Å². The van der Waals surface area contributed by atoms with Crippen LogP contribution in [-0.4, -0.2) is 62.6 Å². The fourth-order valence-electron chi connectivity index (χ4n) is 4.02. The monoisotopic (exact) mass is 408 g/mol. The molecule has 2 unspecified atom stereocenters. The third-order valence-corrected chi connectivity index (χ3v) is 5.40. The number of hydrogen-bond donors (Lipinski definition) is 3. The Kier molecular flexibility index (Phi) is 7.04. The van der Waals surface area contributed by atoms with Gasteiger partial charge in [-0.3, -0.25) is 24.6 Å². The SMILES string of the molecule is O=CN(O)CC(CC1CCCC1)C(=O)N1NCCC1C(=O)Nc1ccnc(F)n1. The minimum atomic E-state index is -0.964. The highest BCUT2D eigenvalue weighted by molar-refractivity contribution is 5.97. The van der Waals surface area contributed by atoms with Crippen molar-refractivity contribution in [3.63, 3.8) is 0 Å². The molecular weight excluding hydrogens is 383 g/mol. The summed E-state index contributed by atoms with van der Waals surface area (Å²) < 4.78 is 13.1. The van der Waals surface area contributed by atoms with Gasteiger partial charge in [0, 0.05) is 12.7 Å². The number of nitrogens with zero attached hydrogens (tertiary/aromatic N) is 4. The second-order valence-electron chi connectivity index (χ2n) is 7.43. The van der Waals surface area contributed by atoms with Gasteiger partial charge in [0.05, 0.1) is 12.5 Å². The van der Waals surface area contributed by atoms with Crippen LogP contribution in [0.2, 0.25) is 0 Å². The molecule has 3 N–H and O–H groups in total.